The SMILES string of the molecule is CC(c1ccsc1)N1CCNC(C)(c2ccccc2)C1. The molecule has 0 saturated carbocycles. The Morgan fingerprint density at radius 1 is 1.25 bits per heavy atom. The van der Waals surface area contributed by atoms with Crippen LogP contribution in [0.2, 0.25) is 0 Å². The zero-order valence-electron chi connectivity index (χ0n) is 12.2. The van der Waals surface area contributed by atoms with E-state index in [1.807, 2.05) is 0 Å². The Labute approximate surface area is 125 Å². The van der Waals surface area contributed by atoms with Crippen LogP contribution in [0.1, 0.15) is 31.0 Å². The topological polar surface area (TPSA) is 15.3 Å². The average Bonchev–Trinajstić information content (AvgIpc) is 3.02. The van der Waals surface area contributed by atoms with E-state index in [1.54, 1.807) is 11.3 Å². The van der Waals surface area contributed by atoms with Gasteiger partial charge in [-0.25, -0.2) is 0 Å². The molecular formula is C17H22N2S. The molecule has 2 heterocycles. The highest BCUT2D eigenvalue weighted by molar-refractivity contribution is 7.07. The molecule has 3 heteroatoms. The lowest BCUT2D eigenvalue weighted by atomic mass is 9.89. The molecule has 0 amide bonds. The third-order valence-corrected chi connectivity index (χ3v) is 5.12. The van der Waals surface area contributed by atoms with Crippen LogP contribution in [0.3, 0.4) is 0 Å². The van der Waals surface area contributed by atoms with Gasteiger partial charge in [-0.2, -0.15) is 11.3 Å². The van der Waals surface area contributed by atoms with Crippen LogP contribution in [-0.2, 0) is 5.54 Å². The van der Waals surface area contributed by atoms with E-state index < -0.39 is 0 Å². The summed E-state index contributed by atoms with van der Waals surface area (Å²) in [5, 5.41) is 8.14. The van der Waals surface area contributed by atoms with E-state index in [1.165, 1.54) is 11.1 Å². The molecule has 2 atom stereocenters. The van der Waals surface area contributed by atoms with Gasteiger partial charge in [0.05, 0.1) is 5.54 Å². The number of piperazine rings is 1. The highest BCUT2D eigenvalue weighted by atomic mass is 32.1. The van der Waals surface area contributed by atoms with Crippen molar-refractivity contribution in [3.63, 3.8) is 0 Å². The number of rotatable bonds is 3. The van der Waals surface area contributed by atoms with Crippen molar-refractivity contribution in [2.45, 2.75) is 25.4 Å². The predicted molar refractivity (Wildman–Crippen MR) is 86.1 cm³/mol. The smallest absolute Gasteiger partial charge is 0.0535 e. The Balaban J connectivity index is 1.80. The van der Waals surface area contributed by atoms with E-state index in [4.69, 9.17) is 0 Å². The minimum absolute atomic E-state index is 0.0454. The second-order valence-electron chi connectivity index (χ2n) is 5.83. The van der Waals surface area contributed by atoms with Crippen molar-refractivity contribution >= 4 is 11.3 Å². The van der Waals surface area contributed by atoms with Crippen molar-refractivity contribution in [3.05, 3.63) is 58.3 Å². The van der Waals surface area contributed by atoms with Gasteiger partial charge in [0.15, 0.2) is 0 Å². The van der Waals surface area contributed by atoms with E-state index >= 15 is 0 Å². The lowest BCUT2D eigenvalue weighted by molar-refractivity contribution is 0.107. The van der Waals surface area contributed by atoms with Gasteiger partial charge in [-0.15, -0.1) is 0 Å². The van der Waals surface area contributed by atoms with E-state index in [2.05, 4.69) is 71.2 Å². The molecule has 0 aliphatic carbocycles. The summed E-state index contributed by atoms with van der Waals surface area (Å²) in [5.41, 5.74) is 2.86. The van der Waals surface area contributed by atoms with Crippen LogP contribution in [0.25, 0.3) is 0 Å². The van der Waals surface area contributed by atoms with E-state index in [9.17, 15) is 0 Å². The van der Waals surface area contributed by atoms with Crippen LogP contribution in [0.15, 0.2) is 47.2 Å². The average molecular weight is 286 g/mol. The maximum absolute atomic E-state index is 3.70. The normalized spacial score (nSPS) is 25.5. The second-order valence-corrected chi connectivity index (χ2v) is 6.61. The van der Waals surface area contributed by atoms with Gasteiger partial charge in [0.25, 0.3) is 0 Å². The fourth-order valence-electron chi connectivity index (χ4n) is 3.07. The van der Waals surface area contributed by atoms with Crippen molar-refractivity contribution in [2.24, 2.45) is 0 Å². The van der Waals surface area contributed by atoms with Crippen molar-refractivity contribution in [2.75, 3.05) is 19.6 Å². The first-order valence-corrected chi connectivity index (χ1v) is 8.20. The van der Waals surface area contributed by atoms with Gasteiger partial charge in [-0.1, -0.05) is 30.3 Å². The van der Waals surface area contributed by atoms with Crippen LogP contribution in [0.4, 0.5) is 0 Å². The van der Waals surface area contributed by atoms with Crippen molar-refractivity contribution < 1.29 is 0 Å². The highest BCUT2D eigenvalue weighted by Crippen LogP contribution is 2.30. The summed E-state index contributed by atoms with van der Waals surface area (Å²) < 4.78 is 0. The molecule has 106 valence electrons. The minimum Gasteiger partial charge on any atom is -0.305 e. The highest BCUT2D eigenvalue weighted by Gasteiger charge is 2.34. The predicted octanol–water partition coefficient (Wildman–Crippen LogP) is 3.63. The summed E-state index contributed by atoms with van der Waals surface area (Å²) in [6.07, 6.45) is 0. The van der Waals surface area contributed by atoms with Gasteiger partial charge < -0.3 is 5.32 Å². The monoisotopic (exact) mass is 286 g/mol. The van der Waals surface area contributed by atoms with Gasteiger partial charge in [-0.05, 0) is 41.8 Å². The van der Waals surface area contributed by atoms with E-state index in [-0.39, 0.29) is 5.54 Å². The Bertz CT molecular complexity index is 537. The van der Waals surface area contributed by atoms with Gasteiger partial charge >= 0.3 is 0 Å². The summed E-state index contributed by atoms with van der Waals surface area (Å²) in [5.74, 6) is 0. The Hall–Kier alpha value is -1.16. The van der Waals surface area contributed by atoms with Gasteiger partial charge in [0.1, 0.15) is 0 Å². The molecule has 2 unspecified atom stereocenters. The van der Waals surface area contributed by atoms with Gasteiger partial charge in [-0.3, -0.25) is 4.90 Å². The molecule has 1 saturated heterocycles. The molecule has 1 fully saturated rings. The number of nitrogens with zero attached hydrogens (tertiary/aromatic N) is 1. The van der Waals surface area contributed by atoms with E-state index in [0.29, 0.717) is 6.04 Å². The first-order valence-electron chi connectivity index (χ1n) is 7.26. The molecule has 1 aromatic carbocycles. The Morgan fingerprint density at radius 2 is 2.05 bits per heavy atom. The molecule has 20 heavy (non-hydrogen) atoms. The van der Waals surface area contributed by atoms with Crippen molar-refractivity contribution in [1.29, 1.82) is 0 Å². The standard InChI is InChI=1S/C17H22N2S/c1-14(15-8-11-20-12-15)19-10-9-18-17(2,13-19)16-6-4-3-5-7-16/h3-8,11-12,14,18H,9-10,13H2,1-2H3. The zero-order valence-corrected chi connectivity index (χ0v) is 13.0. The molecule has 1 N–H and O–H groups in total. The van der Waals surface area contributed by atoms with Crippen LogP contribution in [0.5, 0.6) is 0 Å². The van der Waals surface area contributed by atoms with E-state index in [0.717, 1.165) is 19.6 Å². The maximum Gasteiger partial charge on any atom is 0.0535 e. The maximum atomic E-state index is 3.70. The van der Waals surface area contributed by atoms with Crippen molar-refractivity contribution in [1.82, 2.24) is 10.2 Å². The first-order chi connectivity index (χ1) is 9.69. The minimum atomic E-state index is 0.0454. The fraction of sp³-hybridized carbons (Fsp3) is 0.412. The van der Waals surface area contributed by atoms with Crippen LogP contribution >= 0.6 is 11.3 Å². The Kier molecular flexibility index (Phi) is 3.92. The van der Waals surface area contributed by atoms with Crippen LogP contribution in [-0.4, -0.2) is 24.5 Å². The van der Waals surface area contributed by atoms with Crippen molar-refractivity contribution in [3.8, 4) is 0 Å². The zero-order chi connectivity index (χ0) is 14.0. The summed E-state index contributed by atoms with van der Waals surface area (Å²) in [7, 11) is 0. The lowest BCUT2D eigenvalue weighted by Crippen LogP contribution is -2.56. The van der Waals surface area contributed by atoms with Crippen LogP contribution in [0, 0.1) is 0 Å². The summed E-state index contributed by atoms with van der Waals surface area (Å²) in [4.78, 5) is 2.59. The third-order valence-electron chi connectivity index (χ3n) is 4.42. The summed E-state index contributed by atoms with van der Waals surface area (Å²) in [6, 6.07) is 13.5. The summed E-state index contributed by atoms with van der Waals surface area (Å²) in [6.45, 7) is 7.83. The molecule has 3 rings (SSSR count). The molecule has 0 bridgehead atoms. The third kappa shape index (κ3) is 2.66. The first kappa shape index (κ1) is 13.8. The number of benzene rings is 1. The number of hydrogen-bond donors (Lipinski definition) is 1. The molecule has 1 aliphatic rings. The lowest BCUT2D eigenvalue weighted by Gasteiger charge is -2.44. The van der Waals surface area contributed by atoms with Gasteiger partial charge in [0, 0.05) is 25.7 Å². The molecule has 0 radical (unpaired) electrons. The molecular weight excluding hydrogens is 264 g/mol. The second kappa shape index (κ2) is 5.68. The largest absolute Gasteiger partial charge is 0.305 e. The number of hydrogen-bond acceptors (Lipinski definition) is 3. The molecule has 1 aliphatic heterocycles. The molecule has 2 nitrogen and oxygen atoms in total. The van der Waals surface area contributed by atoms with Crippen LogP contribution < -0.4 is 5.32 Å². The van der Waals surface area contributed by atoms with Gasteiger partial charge in [0.2, 0.25) is 0 Å². The Morgan fingerprint density at radius 3 is 2.75 bits per heavy atom. The number of thiophene rings is 1. The summed E-state index contributed by atoms with van der Waals surface area (Å²) >= 11 is 1.79. The molecule has 1 aromatic heterocycles. The quantitative estimate of drug-likeness (QED) is 0.927. The number of nitrogens with one attached hydrogen (secondary N) is 1. The fourth-order valence-corrected chi connectivity index (χ4v) is 3.82. The molecule has 0 spiro atoms. The molecule has 2 aromatic rings.